The van der Waals surface area contributed by atoms with Crippen molar-refractivity contribution in [1.82, 2.24) is 0 Å². The van der Waals surface area contributed by atoms with Crippen LogP contribution in [0.3, 0.4) is 0 Å². The molecule has 0 radical (unpaired) electrons. The second-order valence-corrected chi connectivity index (χ2v) is 5.23. The van der Waals surface area contributed by atoms with Crippen molar-refractivity contribution in [3.63, 3.8) is 0 Å². The molecule has 1 N–H and O–H groups in total. The monoisotopic (exact) mass is 214 g/mol. The fourth-order valence-electron chi connectivity index (χ4n) is 2.07. The summed E-state index contributed by atoms with van der Waals surface area (Å²) in [6.07, 6.45) is 4.35. The van der Waals surface area contributed by atoms with Crippen molar-refractivity contribution in [2.45, 2.75) is 65.1 Å². The predicted octanol–water partition coefficient (Wildman–Crippen LogP) is 2.84. The van der Waals surface area contributed by atoms with Crippen LogP contribution < -0.4 is 0 Å². The molecule has 88 valence electrons. The minimum Gasteiger partial charge on any atom is -0.479 e. The van der Waals surface area contributed by atoms with Crippen LogP contribution in [0.25, 0.3) is 0 Å². The zero-order valence-corrected chi connectivity index (χ0v) is 9.95. The summed E-state index contributed by atoms with van der Waals surface area (Å²) in [6.45, 7) is 6.38. The molecule has 0 aromatic heterocycles. The maximum absolute atomic E-state index is 10.8. The number of rotatable bonds is 4. The Hall–Kier alpha value is -0.570. The molecule has 1 aliphatic carbocycles. The first-order valence-corrected chi connectivity index (χ1v) is 5.83. The molecule has 0 heterocycles. The van der Waals surface area contributed by atoms with Gasteiger partial charge >= 0.3 is 5.97 Å². The van der Waals surface area contributed by atoms with Crippen LogP contribution in [-0.2, 0) is 9.53 Å². The van der Waals surface area contributed by atoms with Crippen LogP contribution in [0.5, 0.6) is 0 Å². The molecule has 0 aromatic carbocycles. The van der Waals surface area contributed by atoms with Gasteiger partial charge in [-0.2, -0.15) is 0 Å². The molecule has 0 bridgehead atoms. The van der Waals surface area contributed by atoms with Gasteiger partial charge in [0.05, 0.1) is 6.10 Å². The van der Waals surface area contributed by atoms with Crippen molar-refractivity contribution in [2.75, 3.05) is 0 Å². The van der Waals surface area contributed by atoms with E-state index in [1.165, 1.54) is 0 Å². The molecule has 1 fully saturated rings. The number of carboxylic acid groups (broad SMARTS) is 1. The third-order valence-electron chi connectivity index (χ3n) is 3.29. The molecule has 1 saturated carbocycles. The molecular weight excluding hydrogens is 192 g/mol. The van der Waals surface area contributed by atoms with E-state index < -0.39 is 12.1 Å². The molecule has 1 aliphatic rings. The Morgan fingerprint density at radius 3 is 2.40 bits per heavy atom. The van der Waals surface area contributed by atoms with Crippen molar-refractivity contribution in [2.24, 2.45) is 5.41 Å². The Balaban J connectivity index is 2.38. The van der Waals surface area contributed by atoms with Crippen LogP contribution in [0.2, 0.25) is 0 Å². The first-order chi connectivity index (χ1) is 6.94. The summed E-state index contributed by atoms with van der Waals surface area (Å²) >= 11 is 0. The fraction of sp³-hybridized carbons (Fsp3) is 0.917. The minimum atomic E-state index is -0.831. The van der Waals surface area contributed by atoms with Crippen LogP contribution in [-0.4, -0.2) is 23.3 Å². The van der Waals surface area contributed by atoms with Crippen LogP contribution in [0.4, 0.5) is 0 Å². The number of aliphatic carboxylic acids is 1. The highest BCUT2D eigenvalue weighted by Gasteiger charge is 2.29. The molecule has 0 amide bonds. The third kappa shape index (κ3) is 3.82. The van der Waals surface area contributed by atoms with Crippen LogP contribution in [0.1, 0.15) is 52.9 Å². The van der Waals surface area contributed by atoms with E-state index >= 15 is 0 Å². The van der Waals surface area contributed by atoms with E-state index in [1.807, 2.05) is 6.92 Å². The molecule has 0 spiro atoms. The van der Waals surface area contributed by atoms with E-state index in [-0.39, 0.29) is 6.10 Å². The van der Waals surface area contributed by atoms with Gasteiger partial charge in [0.2, 0.25) is 0 Å². The average Bonchev–Trinajstić information content (AvgIpc) is 2.15. The summed E-state index contributed by atoms with van der Waals surface area (Å²) in [7, 11) is 0. The maximum Gasteiger partial charge on any atom is 0.332 e. The Morgan fingerprint density at radius 2 is 2.00 bits per heavy atom. The highest BCUT2D eigenvalue weighted by Crippen LogP contribution is 2.36. The number of ether oxygens (including phenoxy) is 1. The molecule has 1 atom stereocenters. The van der Waals surface area contributed by atoms with Gasteiger partial charge in [-0.1, -0.05) is 20.8 Å². The van der Waals surface area contributed by atoms with Crippen molar-refractivity contribution >= 4 is 5.97 Å². The lowest BCUT2D eigenvalue weighted by molar-refractivity contribution is -0.156. The number of hydrogen-bond donors (Lipinski definition) is 1. The highest BCUT2D eigenvalue weighted by atomic mass is 16.5. The van der Waals surface area contributed by atoms with E-state index in [0.29, 0.717) is 11.8 Å². The van der Waals surface area contributed by atoms with E-state index in [9.17, 15) is 4.79 Å². The van der Waals surface area contributed by atoms with Gasteiger partial charge in [0.15, 0.2) is 6.10 Å². The normalized spacial score (nSPS) is 23.7. The molecule has 1 unspecified atom stereocenters. The van der Waals surface area contributed by atoms with E-state index in [4.69, 9.17) is 9.84 Å². The summed E-state index contributed by atoms with van der Waals surface area (Å²) in [4.78, 5) is 10.8. The topological polar surface area (TPSA) is 46.5 Å². The first-order valence-electron chi connectivity index (χ1n) is 5.83. The van der Waals surface area contributed by atoms with Crippen molar-refractivity contribution in [3.8, 4) is 0 Å². The average molecular weight is 214 g/mol. The lowest BCUT2D eigenvalue weighted by Gasteiger charge is -2.35. The third-order valence-corrected chi connectivity index (χ3v) is 3.29. The second-order valence-electron chi connectivity index (χ2n) is 5.23. The number of carboxylic acids is 1. The van der Waals surface area contributed by atoms with Gasteiger partial charge < -0.3 is 9.84 Å². The Morgan fingerprint density at radius 1 is 1.47 bits per heavy atom. The molecular formula is C12H22O3. The van der Waals surface area contributed by atoms with Crippen LogP contribution in [0, 0.1) is 5.41 Å². The van der Waals surface area contributed by atoms with Gasteiger partial charge in [0, 0.05) is 0 Å². The summed E-state index contributed by atoms with van der Waals surface area (Å²) < 4.78 is 5.60. The molecule has 0 saturated heterocycles. The molecule has 3 heteroatoms. The molecule has 3 nitrogen and oxygen atoms in total. The first kappa shape index (κ1) is 12.5. The second kappa shape index (κ2) is 4.97. The summed E-state index contributed by atoms with van der Waals surface area (Å²) in [5.74, 6) is -0.831. The molecule has 1 rings (SSSR count). The number of hydrogen-bond acceptors (Lipinski definition) is 2. The zero-order chi connectivity index (χ0) is 11.5. The standard InChI is InChI=1S/C12H22O3/c1-4-10(11(13)14)15-9-5-7-12(2,3)8-6-9/h9-10H,4-8H2,1-3H3,(H,13,14). The van der Waals surface area contributed by atoms with Gasteiger partial charge in [-0.05, 0) is 37.5 Å². The Bertz CT molecular complexity index is 213. The Labute approximate surface area is 91.8 Å². The minimum absolute atomic E-state index is 0.152. The van der Waals surface area contributed by atoms with Crippen molar-refractivity contribution in [1.29, 1.82) is 0 Å². The molecule has 0 aliphatic heterocycles. The smallest absolute Gasteiger partial charge is 0.332 e. The fourth-order valence-corrected chi connectivity index (χ4v) is 2.07. The maximum atomic E-state index is 10.8. The van der Waals surface area contributed by atoms with Gasteiger partial charge in [-0.3, -0.25) is 0 Å². The van der Waals surface area contributed by atoms with Crippen molar-refractivity contribution < 1.29 is 14.6 Å². The number of carbonyl (C=O) groups is 1. The quantitative estimate of drug-likeness (QED) is 0.782. The Kier molecular flexibility index (Phi) is 4.14. The molecule has 15 heavy (non-hydrogen) atoms. The lowest BCUT2D eigenvalue weighted by atomic mass is 9.76. The summed E-state index contributed by atoms with van der Waals surface area (Å²) in [5.41, 5.74) is 0.408. The lowest BCUT2D eigenvalue weighted by Crippen LogP contribution is -2.33. The van der Waals surface area contributed by atoms with Crippen LogP contribution >= 0.6 is 0 Å². The van der Waals surface area contributed by atoms with Gasteiger partial charge in [0.25, 0.3) is 0 Å². The van der Waals surface area contributed by atoms with Crippen LogP contribution in [0.15, 0.2) is 0 Å². The zero-order valence-electron chi connectivity index (χ0n) is 9.95. The van der Waals surface area contributed by atoms with Gasteiger partial charge in [-0.15, -0.1) is 0 Å². The van der Waals surface area contributed by atoms with E-state index in [1.54, 1.807) is 0 Å². The van der Waals surface area contributed by atoms with E-state index in [2.05, 4.69) is 13.8 Å². The summed E-state index contributed by atoms with van der Waals surface area (Å²) in [6, 6.07) is 0. The van der Waals surface area contributed by atoms with Gasteiger partial charge in [-0.25, -0.2) is 4.79 Å². The van der Waals surface area contributed by atoms with E-state index in [0.717, 1.165) is 25.7 Å². The largest absolute Gasteiger partial charge is 0.479 e. The van der Waals surface area contributed by atoms with Gasteiger partial charge in [0.1, 0.15) is 0 Å². The SMILES string of the molecule is CCC(OC1CCC(C)(C)CC1)C(=O)O. The van der Waals surface area contributed by atoms with Crippen molar-refractivity contribution in [3.05, 3.63) is 0 Å². The predicted molar refractivity (Wildman–Crippen MR) is 58.8 cm³/mol. The summed E-state index contributed by atoms with van der Waals surface area (Å²) in [5, 5.41) is 8.88. The highest BCUT2D eigenvalue weighted by molar-refractivity contribution is 5.72. The molecule has 0 aromatic rings.